The summed E-state index contributed by atoms with van der Waals surface area (Å²) in [6.07, 6.45) is 4.73. The van der Waals surface area contributed by atoms with Crippen LogP contribution in [-0.4, -0.2) is 61.0 Å². The van der Waals surface area contributed by atoms with Crippen molar-refractivity contribution in [3.63, 3.8) is 0 Å². The highest BCUT2D eigenvalue weighted by Gasteiger charge is 2.24. The smallest absolute Gasteiger partial charge is 0.236 e. The molecule has 2 saturated heterocycles. The van der Waals surface area contributed by atoms with Crippen molar-refractivity contribution in [3.05, 3.63) is 0 Å². The summed E-state index contributed by atoms with van der Waals surface area (Å²) in [5.41, 5.74) is 0. The van der Waals surface area contributed by atoms with Gasteiger partial charge in [-0.2, -0.15) is 0 Å². The van der Waals surface area contributed by atoms with Crippen molar-refractivity contribution in [1.82, 2.24) is 15.1 Å². The zero-order chi connectivity index (χ0) is 12.1. The average molecular weight is 239 g/mol. The minimum atomic E-state index is 0.336. The van der Waals surface area contributed by atoms with E-state index in [1.54, 1.807) is 0 Å². The molecule has 4 heteroatoms. The number of likely N-dealkylation sites (tertiary alicyclic amines) is 1. The first-order chi connectivity index (χ1) is 8.31. The molecule has 17 heavy (non-hydrogen) atoms. The van der Waals surface area contributed by atoms with E-state index in [1.807, 2.05) is 4.90 Å². The SMILES string of the molecule is CCN(CC(=O)N1CCCC1)C1CCNCC1. The van der Waals surface area contributed by atoms with Crippen LogP contribution in [0.4, 0.5) is 0 Å². The Bertz CT molecular complexity index is 245. The van der Waals surface area contributed by atoms with E-state index in [0.29, 0.717) is 18.5 Å². The zero-order valence-electron chi connectivity index (χ0n) is 11.0. The molecule has 0 spiro atoms. The van der Waals surface area contributed by atoms with E-state index >= 15 is 0 Å². The second-order valence-corrected chi connectivity index (χ2v) is 5.13. The van der Waals surface area contributed by atoms with Crippen LogP contribution >= 0.6 is 0 Å². The summed E-state index contributed by atoms with van der Waals surface area (Å²) in [6.45, 7) is 7.92. The lowest BCUT2D eigenvalue weighted by Gasteiger charge is -2.34. The van der Waals surface area contributed by atoms with Gasteiger partial charge in [0.05, 0.1) is 6.54 Å². The third kappa shape index (κ3) is 3.42. The maximum absolute atomic E-state index is 12.1. The fraction of sp³-hybridized carbons (Fsp3) is 0.923. The van der Waals surface area contributed by atoms with E-state index in [0.717, 1.165) is 32.7 Å². The van der Waals surface area contributed by atoms with E-state index in [4.69, 9.17) is 0 Å². The first kappa shape index (κ1) is 12.8. The molecule has 2 aliphatic rings. The highest BCUT2D eigenvalue weighted by molar-refractivity contribution is 5.78. The van der Waals surface area contributed by atoms with E-state index in [1.165, 1.54) is 25.7 Å². The second kappa shape index (κ2) is 6.36. The Balaban J connectivity index is 1.82. The predicted molar refractivity (Wildman–Crippen MR) is 69.0 cm³/mol. The largest absolute Gasteiger partial charge is 0.342 e. The Morgan fingerprint density at radius 3 is 2.53 bits per heavy atom. The highest BCUT2D eigenvalue weighted by Crippen LogP contribution is 2.13. The van der Waals surface area contributed by atoms with Gasteiger partial charge in [-0.1, -0.05) is 6.92 Å². The molecule has 0 radical (unpaired) electrons. The molecule has 1 amide bonds. The molecule has 0 aliphatic carbocycles. The lowest BCUT2D eigenvalue weighted by atomic mass is 10.0. The van der Waals surface area contributed by atoms with Crippen molar-refractivity contribution < 1.29 is 4.79 Å². The standard InChI is InChI=1S/C13H25N3O/c1-2-15(12-5-7-14-8-6-12)11-13(17)16-9-3-4-10-16/h12,14H,2-11H2,1H3. The fourth-order valence-corrected chi connectivity index (χ4v) is 2.91. The van der Waals surface area contributed by atoms with Crippen LogP contribution in [0.25, 0.3) is 0 Å². The minimum absolute atomic E-state index is 0.336. The molecular weight excluding hydrogens is 214 g/mol. The Labute approximate surface area is 104 Å². The lowest BCUT2D eigenvalue weighted by Crippen LogP contribution is -2.47. The van der Waals surface area contributed by atoms with E-state index in [2.05, 4.69) is 17.1 Å². The summed E-state index contributed by atoms with van der Waals surface area (Å²) in [6, 6.07) is 0.604. The van der Waals surface area contributed by atoms with Crippen LogP contribution in [0.15, 0.2) is 0 Å². The van der Waals surface area contributed by atoms with Gasteiger partial charge in [0.25, 0.3) is 0 Å². The van der Waals surface area contributed by atoms with E-state index in [-0.39, 0.29) is 0 Å². The Kier molecular flexibility index (Phi) is 4.80. The number of carbonyl (C=O) groups is 1. The average Bonchev–Trinajstić information content (AvgIpc) is 2.90. The van der Waals surface area contributed by atoms with Crippen LogP contribution in [0.3, 0.4) is 0 Å². The minimum Gasteiger partial charge on any atom is -0.342 e. The number of amides is 1. The number of hydrogen-bond acceptors (Lipinski definition) is 3. The molecule has 2 rings (SSSR count). The van der Waals surface area contributed by atoms with Gasteiger partial charge in [-0.05, 0) is 45.3 Å². The highest BCUT2D eigenvalue weighted by atomic mass is 16.2. The molecule has 98 valence electrons. The van der Waals surface area contributed by atoms with Crippen molar-refractivity contribution in [2.45, 2.75) is 38.6 Å². The number of nitrogens with one attached hydrogen (secondary N) is 1. The van der Waals surface area contributed by atoms with Gasteiger partial charge in [0.1, 0.15) is 0 Å². The molecule has 4 nitrogen and oxygen atoms in total. The van der Waals surface area contributed by atoms with Crippen molar-refractivity contribution in [1.29, 1.82) is 0 Å². The van der Waals surface area contributed by atoms with Crippen LogP contribution in [0, 0.1) is 0 Å². The molecule has 1 N–H and O–H groups in total. The number of rotatable bonds is 4. The predicted octanol–water partition coefficient (Wildman–Crippen LogP) is 0.683. The topological polar surface area (TPSA) is 35.6 Å². The van der Waals surface area contributed by atoms with Crippen molar-refractivity contribution in [2.75, 3.05) is 39.3 Å². The number of piperidine rings is 1. The van der Waals surface area contributed by atoms with Gasteiger partial charge < -0.3 is 10.2 Å². The van der Waals surface area contributed by atoms with Gasteiger partial charge in [0.15, 0.2) is 0 Å². The molecule has 0 aromatic heterocycles. The first-order valence-corrected chi connectivity index (χ1v) is 7.04. The number of carbonyl (C=O) groups excluding carboxylic acids is 1. The maximum Gasteiger partial charge on any atom is 0.236 e. The second-order valence-electron chi connectivity index (χ2n) is 5.13. The van der Waals surface area contributed by atoms with E-state index < -0.39 is 0 Å². The molecule has 0 aromatic rings. The molecule has 2 aliphatic heterocycles. The Morgan fingerprint density at radius 2 is 1.94 bits per heavy atom. The van der Waals surface area contributed by atoms with Gasteiger partial charge in [0, 0.05) is 19.1 Å². The van der Waals surface area contributed by atoms with Crippen LogP contribution in [-0.2, 0) is 4.79 Å². The summed E-state index contributed by atoms with van der Waals surface area (Å²) < 4.78 is 0. The van der Waals surface area contributed by atoms with Crippen LogP contribution in [0.1, 0.15) is 32.6 Å². The lowest BCUT2D eigenvalue weighted by molar-refractivity contribution is -0.132. The van der Waals surface area contributed by atoms with Crippen molar-refractivity contribution in [3.8, 4) is 0 Å². The quantitative estimate of drug-likeness (QED) is 0.784. The van der Waals surface area contributed by atoms with Gasteiger partial charge in [-0.15, -0.1) is 0 Å². The maximum atomic E-state index is 12.1. The number of nitrogens with zero attached hydrogens (tertiary/aromatic N) is 2. The van der Waals surface area contributed by atoms with Gasteiger partial charge in [0.2, 0.25) is 5.91 Å². The van der Waals surface area contributed by atoms with Gasteiger partial charge >= 0.3 is 0 Å². The van der Waals surface area contributed by atoms with Gasteiger partial charge in [-0.25, -0.2) is 0 Å². The van der Waals surface area contributed by atoms with Crippen LogP contribution in [0.5, 0.6) is 0 Å². The summed E-state index contributed by atoms with van der Waals surface area (Å²) in [5, 5.41) is 3.38. The van der Waals surface area contributed by atoms with Crippen LogP contribution in [0.2, 0.25) is 0 Å². The van der Waals surface area contributed by atoms with Crippen molar-refractivity contribution in [2.24, 2.45) is 0 Å². The fourth-order valence-electron chi connectivity index (χ4n) is 2.91. The third-order valence-electron chi connectivity index (χ3n) is 4.03. The van der Waals surface area contributed by atoms with Gasteiger partial charge in [-0.3, -0.25) is 9.69 Å². The molecule has 0 atom stereocenters. The molecule has 2 fully saturated rings. The van der Waals surface area contributed by atoms with Crippen molar-refractivity contribution >= 4 is 5.91 Å². The summed E-state index contributed by atoms with van der Waals surface area (Å²) in [7, 11) is 0. The Hall–Kier alpha value is -0.610. The molecule has 2 heterocycles. The molecule has 0 saturated carbocycles. The normalized spacial score (nSPS) is 22.4. The van der Waals surface area contributed by atoms with E-state index in [9.17, 15) is 4.79 Å². The third-order valence-corrected chi connectivity index (χ3v) is 4.03. The first-order valence-electron chi connectivity index (χ1n) is 7.04. The summed E-state index contributed by atoms with van der Waals surface area (Å²) in [5.74, 6) is 0.336. The zero-order valence-corrected chi connectivity index (χ0v) is 11.0. The summed E-state index contributed by atoms with van der Waals surface area (Å²) in [4.78, 5) is 16.5. The molecule has 0 aromatic carbocycles. The number of likely N-dealkylation sites (N-methyl/N-ethyl adjacent to an activating group) is 1. The Morgan fingerprint density at radius 1 is 1.29 bits per heavy atom. The molecular formula is C13H25N3O. The monoisotopic (exact) mass is 239 g/mol. The molecule has 0 unspecified atom stereocenters. The molecule has 0 bridgehead atoms. The number of hydrogen-bond donors (Lipinski definition) is 1. The van der Waals surface area contributed by atoms with Crippen LogP contribution < -0.4 is 5.32 Å². The summed E-state index contributed by atoms with van der Waals surface area (Å²) >= 11 is 0.